The van der Waals surface area contributed by atoms with Gasteiger partial charge in [-0.05, 0) is 25.0 Å². The summed E-state index contributed by atoms with van der Waals surface area (Å²) in [5.41, 5.74) is 4.90. The van der Waals surface area contributed by atoms with Gasteiger partial charge in [-0.1, -0.05) is 12.8 Å². The highest BCUT2D eigenvalue weighted by atomic mass is 16.3. The minimum absolute atomic E-state index is 0.384. The van der Waals surface area contributed by atoms with Gasteiger partial charge in [0.15, 0.2) is 0 Å². The molecule has 1 aromatic heterocycles. The number of aliphatic hydroxyl groups is 1. The number of anilines is 1. The summed E-state index contributed by atoms with van der Waals surface area (Å²) in [6, 6.07) is 3.31. The van der Waals surface area contributed by atoms with E-state index in [-0.39, 0.29) is 0 Å². The molecule has 1 aliphatic rings. The highest BCUT2D eigenvalue weighted by Crippen LogP contribution is 2.29. The van der Waals surface area contributed by atoms with Gasteiger partial charge in [0.2, 0.25) is 5.91 Å². The normalized spacial score (nSPS) is 17.9. The molecule has 0 saturated heterocycles. The van der Waals surface area contributed by atoms with Crippen molar-refractivity contribution in [3.63, 3.8) is 0 Å². The molecule has 0 aliphatic heterocycles. The fraction of sp³-hybridized carbons (Fsp3) is 0.500. The smallest absolute Gasteiger partial charge is 0.250 e. The number of amides is 1. The number of aromatic nitrogens is 1. The standard InChI is InChI=1S/C12H17N3O2/c13-11(16)9-3-4-10(14-7-9)15-8-12(17)5-1-2-6-12/h3-4,7,17H,1-2,5-6,8H2,(H2,13,16)(H,14,15). The summed E-state index contributed by atoms with van der Waals surface area (Å²) in [4.78, 5) is 14.9. The maximum Gasteiger partial charge on any atom is 0.250 e. The molecule has 0 radical (unpaired) electrons. The quantitative estimate of drug-likeness (QED) is 0.723. The molecule has 1 amide bonds. The van der Waals surface area contributed by atoms with Crippen LogP contribution < -0.4 is 11.1 Å². The third kappa shape index (κ3) is 2.94. The van der Waals surface area contributed by atoms with Crippen LogP contribution in [-0.4, -0.2) is 28.1 Å². The number of carbonyl (C=O) groups is 1. The van der Waals surface area contributed by atoms with Gasteiger partial charge < -0.3 is 16.2 Å². The minimum atomic E-state index is -0.607. The van der Waals surface area contributed by atoms with Crippen LogP contribution in [0.15, 0.2) is 18.3 Å². The highest BCUT2D eigenvalue weighted by Gasteiger charge is 2.30. The number of hydrogen-bond acceptors (Lipinski definition) is 4. The first-order valence-electron chi connectivity index (χ1n) is 5.81. The lowest BCUT2D eigenvalue weighted by atomic mass is 10.0. The van der Waals surface area contributed by atoms with Crippen molar-refractivity contribution in [1.82, 2.24) is 4.98 Å². The molecule has 1 heterocycles. The van der Waals surface area contributed by atoms with Crippen LogP contribution in [0.1, 0.15) is 36.0 Å². The van der Waals surface area contributed by atoms with Crippen LogP contribution in [0.4, 0.5) is 5.82 Å². The van der Waals surface area contributed by atoms with Crippen molar-refractivity contribution < 1.29 is 9.90 Å². The topological polar surface area (TPSA) is 88.2 Å². The molecular formula is C12H17N3O2. The molecule has 0 spiro atoms. The van der Waals surface area contributed by atoms with E-state index in [4.69, 9.17) is 5.73 Å². The predicted octanol–water partition coefficient (Wildman–Crippen LogP) is 0.897. The van der Waals surface area contributed by atoms with Gasteiger partial charge in [-0.2, -0.15) is 0 Å². The van der Waals surface area contributed by atoms with Gasteiger partial charge in [0.05, 0.1) is 11.2 Å². The fourth-order valence-electron chi connectivity index (χ4n) is 2.11. The van der Waals surface area contributed by atoms with Crippen LogP contribution in [0.5, 0.6) is 0 Å². The number of nitrogens with zero attached hydrogens (tertiary/aromatic N) is 1. The average Bonchev–Trinajstić information content (AvgIpc) is 2.75. The zero-order chi connectivity index (χ0) is 12.3. The van der Waals surface area contributed by atoms with E-state index in [1.807, 2.05) is 0 Å². The van der Waals surface area contributed by atoms with Crippen molar-refractivity contribution in [1.29, 1.82) is 0 Å². The van der Waals surface area contributed by atoms with Crippen LogP contribution in [0.2, 0.25) is 0 Å². The van der Waals surface area contributed by atoms with Crippen LogP contribution in [0.25, 0.3) is 0 Å². The lowest BCUT2D eigenvalue weighted by Crippen LogP contribution is -2.33. The number of nitrogens with one attached hydrogen (secondary N) is 1. The number of pyridine rings is 1. The monoisotopic (exact) mass is 235 g/mol. The van der Waals surface area contributed by atoms with Crippen molar-refractivity contribution >= 4 is 11.7 Å². The van der Waals surface area contributed by atoms with Crippen molar-refractivity contribution in [2.75, 3.05) is 11.9 Å². The molecule has 2 rings (SSSR count). The Labute approximate surface area is 100 Å². The maximum absolute atomic E-state index is 10.9. The summed E-state index contributed by atoms with van der Waals surface area (Å²) < 4.78 is 0. The first-order chi connectivity index (χ1) is 8.09. The van der Waals surface area contributed by atoms with Crippen molar-refractivity contribution in [3.8, 4) is 0 Å². The Morgan fingerprint density at radius 2 is 2.18 bits per heavy atom. The third-order valence-electron chi connectivity index (χ3n) is 3.18. The van der Waals surface area contributed by atoms with E-state index in [0.29, 0.717) is 17.9 Å². The largest absolute Gasteiger partial charge is 0.388 e. The lowest BCUT2D eigenvalue weighted by molar-refractivity contribution is 0.0614. The number of rotatable bonds is 4. The van der Waals surface area contributed by atoms with Crippen molar-refractivity contribution in [2.24, 2.45) is 5.73 Å². The fourth-order valence-corrected chi connectivity index (χ4v) is 2.11. The molecule has 1 fully saturated rings. The van der Waals surface area contributed by atoms with E-state index in [1.54, 1.807) is 12.1 Å². The number of carbonyl (C=O) groups excluding carboxylic acids is 1. The summed E-state index contributed by atoms with van der Waals surface area (Å²) in [7, 11) is 0. The third-order valence-corrected chi connectivity index (χ3v) is 3.18. The molecule has 1 aliphatic carbocycles. The lowest BCUT2D eigenvalue weighted by Gasteiger charge is -2.22. The van der Waals surface area contributed by atoms with Gasteiger partial charge >= 0.3 is 0 Å². The Bertz CT molecular complexity index is 397. The first-order valence-corrected chi connectivity index (χ1v) is 5.81. The molecular weight excluding hydrogens is 218 g/mol. The Morgan fingerprint density at radius 1 is 1.47 bits per heavy atom. The molecule has 4 N–H and O–H groups in total. The molecule has 1 saturated carbocycles. The molecule has 5 nitrogen and oxygen atoms in total. The first kappa shape index (κ1) is 11.9. The van der Waals surface area contributed by atoms with E-state index in [1.165, 1.54) is 6.20 Å². The summed E-state index contributed by atoms with van der Waals surface area (Å²) in [6.07, 6.45) is 5.25. The Kier molecular flexibility index (Phi) is 3.28. The molecule has 17 heavy (non-hydrogen) atoms. The van der Waals surface area contributed by atoms with Gasteiger partial charge in [-0.15, -0.1) is 0 Å². The Hall–Kier alpha value is -1.62. The summed E-state index contributed by atoms with van der Waals surface area (Å²) in [5.74, 6) is 0.161. The zero-order valence-corrected chi connectivity index (χ0v) is 9.65. The maximum atomic E-state index is 10.9. The van der Waals surface area contributed by atoms with Crippen LogP contribution in [-0.2, 0) is 0 Å². The molecule has 92 valence electrons. The van der Waals surface area contributed by atoms with E-state index >= 15 is 0 Å². The van der Waals surface area contributed by atoms with E-state index in [9.17, 15) is 9.90 Å². The summed E-state index contributed by atoms with van der Waals surface area (Å²) >= 11 is 0. The van der Waals surface area contributed by atoms with Crippen LogP contribution in [0.3, 0.4) is 0 Å². The molecule has 5 heteroatoms. The molecule has 0 aromatic carbocycles. The van der Waals surface area contributed by atoms with Crippen molar-refractivity contribution in [3.05, 3.63) is 23.9 Å². The molecule has 0 bridgehead atoms. The SMILES string of the molecule is NC(=O)c1ccc(NCC2(O)CCCC2)nc1. The van der Waals surface area contributed by atoms with Gasteiger partial charge in [-0.25, -0.2) is 4.98 Å². The van der Waals surface area contributed by atoms with Crippen LogP contribution in [0, 0.1) is 0 Å². The second kappa shape index (κ2) is 4.71. The predicted molar refractivity (Wildman–Crippen MR) is 64.7 cm³/mol. The minimum Gasteiger partial charge on any atom is -0.388 e. The molecule has 0 unspecified atom stereocenters. The second-order valence-electron chi connectivity index (χ2n) is 4.58. The van der Waals surface area contributed by atoms with E-state index in [0.717, 1.165) is 25.7 Å². The second-order valence-corrected chi connectivity index (χ2v) is 4.58. The van der Waals surface area contributed by atoms with Gasteiger partial charge in [0.1, 0.15) is 5.82 Å². The molecule has 1 aromatic rings. The van der Waals surface area contributed by atoms with Crippen LogP contribution >= 0.6 is 0 Å². The molecule has 0 atom stereocenters. The summed E-state index contributed by atoms with van der Waals surface area (Å²) in [5, 5.41) is 13.2. The number of primary amides is 1. The zero-order valence-electron chi connectivity index (χ0n) is 9.65. The van der Waals surface area contributed by atoms with E-state index in [2.05, 4.69) is 10.3 Å². The van der Waals surface area contributed by atoms with Gasteiger partial charge in [0, 0.05) is 12.7 Å². The highest BCUT2D eigenvalue weighted by molar-refractivity contribution is 5.92. The summed E-state index contributed by atoms with van der Waals surface area (Å²) in [6.45, 7) is 0.496. The Balaban J connectivity index is 1.93. The van der Waals surface area contributed by atoms with Gasteiger partial charge in [0.25, 0.3) is 0 Å². The number of nitrogens with two attached hydrogens (primary N) is 1. The number of hydrogen-bond donors (Lipinski definition) is 3. The Morgan fingerprint density at radius 3 is 2.71 bits per heavy atom. The van der Waals surface area contributed by atoms with E-state index < -0.39 is 11.5 Å². The average molecular weight is 235 g/mol. The van der Waals surface area contributed by atoms with Gasteiger partial charge in [-0.3, -0.25) is 4.79 Å². The van der Waals surface area contributed by atoms with Crippen molar-refractivity contribution in [2.45, 2.75) is 31.3 Å².